The second-order valence-electron chi connectivity index (χ2n) is 12.6. The monoisotopic (exact) mass is 637 g/mol. The Morgan fingerprint density at radius 2 is 1.20 bits per heavy atom. The Morgan fingerprint density at radius 1 is 0.560 bits per heavy atom. The highest BCUT2D eigenvalue weighted by atomic mass is 15.0. The van der Waals surface area contributed by atoms with E-state index in [1.165, 1.54) is 10.8 Å². The van der Waals surface area contributed by atoms with Crippen molar-refractivity contribution < 1.29 is 0 Å². The van der Waals surface area contributed by atoms with Crippen molar-refractivity contribution in [1.82, 2.24) is 9.13 Å². The molecule has 0 spiro atoms. The van der Waals surface area contributed by atoms with E-state index in [2.05, 4.69) is 106 Å². The van der Waals surface area contributed by atoms with E-state index in [9.17, 15) is 15.8 Å². The smallest absolute Gasteiger partial charge is 0.0998 e. The van der Waals surface area contributed by atoms with Crippen molar-refractivity contribution >= 4 is 38.8 Å². The van der Waals surface area contributed by atoms with Gasteiger partial charge in [0, 0.05) is 38.7 Å². The zero-order valence-corrected chi connectivity index (χ0v) is 26.9. The van der Waals surface area contributed by atoms with E-state index in [1.807, 2.05) is 66.7 Å². The molecular formula is C45H27N5. The predicted octanol–water partition coefficient (Wildman–Crippen LogP) is 10.5. The quantitative estimate of drug-likeness (QED) is 0.193. The summed E-state index contributed by atoms with van der Waals surface area (Å²) in [6, 6.07) is 52.3. The van der Waals surface area contributed by atoms with Crippen LogP contribution in [0.25, 0.3) is 72.4 Å². The number of nitriles is 3. The Hall–Kier alpha value is -7.13. The molecule has 0 saturated heterocycles. The Kier molecular flexibility index (Phi) is 6.70. The molecule has 0 amide bonds. The number of hydrogen-bond donors (Lipinski definition) is 0. The van der Waals surface area contributed by atoms with Crippen LogP contribution in [0.3, 0.4) is 0 Å². The van der Waals surface area contributed by atoms with E-state index in [4.69, 9.17) is 0 Å². The lowest BCUT2D eigenvalue weighted by Crippen LogP contribution is -2.07. The van der Waals surface area contributed by atoms with Gasteiger partial charge in [-0.05, 0) is 83.8 Å². The maximum atomic E-state index is 10.4. The minimum absolute atomic E-state index is 0.184. The molecule has 1 atom stereocenters. The SMILES string of the molecule is N#Cc1ccc(-n2c3ccccc3c3ccccc32)cc1-c1cccc(-c2c(C#N)cccc2-n2c3c(c4ccccc42)CC(C#N)C=C3)c1. The maximum absolute atomic E-state index is 10.4. The van der Waals surface area contributed by atoms with Gasteiger partial charge in [0.2, 0.25) is 0 Å². The van der Waals surface area contributed by atoms with Crippen molar-refractivity contribution in [2.75, 3.05) is 0 Å². The Morgan fingerprint density at radius 3 is 1.90 bits per heavy atom. The molecule has 0 aliphatic heterocycles. The van der Waals surface area contributed by atoms with Crippen LogP contribution in [0.1, 0.15) is 22.4 Å². The summed E-state index contributed by atoms with van der Waals surface area (Å²) < 4.78 is 4.48. The van der Waals surface area contributed by atoms with Gasteiger partial charge in [-0.2, -0.15) is 15.8 Å². The fourth-order valence-corrected chi connectivity index (χ4v) is 7.73. The lowest BCUT2D eigenvalue weighted by molar-refractivity contribution is 0.809. The lowest BCUT2D eigenvalue weighted by atomic mass is 9.92. The highest BCUT2D eigenvalue weighted by Gasteiger charge is 2.25. The summed E-state index contributed by atoms with van der Waals surface area (Å²) in [6.07, 6.45) is 4.66. The van der Waals surface area contributed by atoms with Gasteiger partial charge in [-0.25, -0.2) is 0 Å². The molecule has 1 aliphatic carbocycles. The van der Waals surface area contributed by atoms with Gasteiger partial charge in [0.15, 0.2) is 0 Å². The summed E-state index contributed by atoms with van der Waals surface area (Å²) in [6.45, 7) is 0. The summed E-state index contributed by atoms with van der Waals surface area (Å²) in [4.78, 5) is 0. The molecule has 1 aliphatic rings. The molecule has 0 bridgehead atoms. The van der Waals surface area contributed by atoms with Gasteiger partial charge in [0.1, 0.15) is 0 Å². The first kappa shape index (κ1) is 29.0. The summed E-state index contributed by atoms with van der Waals surface area (Å²) >= 11 is 0. The molecule has 8 aromatic rings. The minimum Gasteiger partial charge on any atom is -0.309 e. The normalized spacial score (nSPS) is 13.6. The lowest BCUT2D eigenvalue weighted by Gasteiger charge is -2.19. The summed E-state index contributed by atoms with van der Waals surface area (Å²) in [5.74, 6) is -0.184. The molecule has 50 heavy (non-hydrogen) atoms. The molecule has 5 heteroatoms. The number of hydrogen-bond acceptors (Lipinski definition) is 3. The zero-order chi connectivity index (χ0) is 33.8. The van der Waals surface area contributed by atoms with Gasteiger partial charge in [-0.15, -0.1) is 0 Å². The van der Waals surface area contributed by atoms with Gasteiger partial charge < -0.3 is 9.13 Å². The van der Waals surface area contributed by atoms with Gasteiger partial charge in [-0.3, -0.25) is 0 Å². The molecule has 2 heterocycles. The van der Waals surface area contributed by atoms with Gasteiger partial charge in [0.25, 0.3) is 0 Å². The van der Waals surface area contributed by atoms with E-state index in [1.54, 1.807) is 0 Å². The third kappa shape index (κ3) is 4.37. The third-order valence-electron chi connectivity index (χ3n) is 9.92. The van der Waals surface area contributed by atoms with Gasteiger partial charge >= 0.3 is 0 Å². The van der Waals surface area contributed by atoms with Crippen molar-refractivity contribution in [2.45, 2.75) is 6.42 Å². The average molecular weight is 638 g/mol. The average Bonchev–Trinajstić information content (AvgIpc) is 3.70. The van der Waals surface area contributed by atoms with E-state index in [0.29, 0.717) is 17.5 Å². The number of allylic oxidation sites excluding steroid dienone is 1. The highest BCUT2D eigenvalue weighted by Crippen LogP contribution is 2.41. The van der Waals surface area contributed by atoms with Crippen molar-refractivity contribution in [3.05, 3.63) is 162 Å². The second kappa shape index (κ2) is 11.5. The van der Waals surface area contributed by atoms with E-state index in [0.717, 1.165) is 66.8 Å². The van der Waals surface area contributed by atoms with E-state index < -0.39 is 0 Å². The molecule has 9 rings (SSSR count). The number of aromatic nitrogens is 2. The molecule has 0 saturated carbocycles. The fraction of sp³-hybridized carbons (Fsp3) is 0.0444. The molecule has 0 N–H and O–H groups in total. The van der Waals surface area contributed by atoms with Crippen LogP contribution < -0.4 is 0 Å². The number of fused-ring (bicyclic) bond motifs is 6. The molecular weight excluding hydrogens is 611 g/mol. The molecule has 6 aromatic carbocycles. The molecule has 0 fully saturated rings. The van der Waals surface area contributed by atoms with Crippen molar-refractivity contribution in [1.29, 1.82) is 15.8 Å². The number of benzene rings is 6. The van der Waals surface area contributed by atoms with Crippen LogP contribution in [-0.4, -0.2) is 9.13 Å². The van der Waals surface area contributed by atoms with Gasteiger partial charge in [-0.1, -0.05) is 84.9 Å². The van der Waals surface area contributed by atoms with E-state index >= 15 is 0 Å². The number of nitrogens with zero attached hydrogens (tertiary/aromatic N) is 5. The molecule has 232 valence electrons. The van der Waals surface area contributed by atoms with Crippen LogP contribution in [0.5, 0.6) is 0 Å². The Balaban J connectivity index is 1.25. The Labute approximate surface area is 289 Å². The van der Waals surface area contributed by atoms with Crippen molar-refractivity contribution in [3.63, 3.8) is 0 Å². The first-order chi connectivity index (χ1) is 24.7. The topological polar surface area (TPSA) is 81.2 Å². The second-order valence-corrected chi connectivity index (χ2v) is 12.6. The van der Waals surface area contributed by atoms with Crippen LogP contribution in [0.2, 0.25) is 0 Å². The first-order valence-electron chi connectivity index (χ1n) is 16.6. The van der Waals surface area contributed by atoms with Crippen molar-refractivity contribution in [2.24, 2.45) is 5.92 Å². The van der Waals surface area contributed by atoms with Crippen LogP contribution in [0.15, 0.2) is 140 Å². The standard InChI is InChI=1S/C45H27N5/c46-26-29-19-22-43-39(23-29)37-14-3-6-17-42(37)50(43)44-18-8-11-33(28-48)45(44)31-10-7-9-30(24-31)38-25-34(21-20-32(38)27-47)49-40-15-4-1-12-35(40)36-13-2-5-16-41(36)49/h1-22,24-25,29H,23H2. The van der Waals surface area contributed by atoms with Gasteiger partial charge in [0.05, 0.1) is 57.5 Å². The maximum Gasteiger partial charge on any atom is 0.0998 e. The molecule has 2 aromatic heterocycles. The highest BCUT2D eigenvalue weighted by molar-refractivity contribution is 6.09. The predicted molar refractivity (Wildman–Crippen MR) is 200 cm³/mol. The van der Waals surface area contributed by atoms with Crippen molar-refractivity contribution in [3.8, 4) is 51.8 Å². The Bertz CT molecular complexity index is 2790. The summed E-state index contributed by atoms with van der Waals surface area (Å²) in [7, 11) is 0. The van der Waals surface area contributed by atoms with E-state index in [-0.39, 0.29) is 5.92 Å². The largest absolute Gasteiger partial charge is 0.309 e. The van der Waals surface area contributed by atoms with Crippen LogP contribution >= 0.6 is 0 Å². The summed E-state index contributed by atoms with van der Waals surface area (Å²) in [5.41, 5.74) is 11.8. The zero-order valence-electron chi connectivity index (χ0n) is 26.9. The molecule has 1 unspecified atom stereocenters. The minimum atomic E-state index is -0.184. The number of para-hydroxylation sites is 3. The molecule has 5 nitrogen and oxygen atoms in total. The fourth-order valence-electron chi connectivity index (χ4n) is 7.73. The third-order valence-corrected chi connectivity index (χ3v) is 9.92. The summed E-state index contributed by atoms with van der Waals surface area (Å²) in [5, 5.41) is 33.9. The van der Waals surface area contributed by atoms with Crippen LogP contribution in [-0.2, 0) is 6.42 Å². The number of rotatable bonds is 4. The first-order valence-corrected chi connectivity index (χ1v) is 16.6. The van der Waals surface area contributed by atoms with Crippen LogP contribution in [0.4, 0.5) is 0 Å². The molecule has 0 radical (unpaired) electrons. The van der Waals surface area contributed by atoms with Crippen LogP contribution in [0, 0.1) is 39.9 Å².